The van der Waals surface area contributed by atoms with Crippen molar-refractivity contribution >= 4 is 39.1 Å². The number of nitro benzene ring substituents is 1. The molecule has 1 atom stereocenters. The SMILES string of the molecule is O=C1CC(S(=O)(=O)F)CN1c1ccc(Cl)cc1[N+](=O)[O-]. The number of amides is 1. The Balaban J connectivity index is 2.43. The Kier molecular flexibility index (Phi) is 3.65. The molecule has 0 saturated carbocycles. The van der Waals surface area contributed by atoms with Gasteiger partial charge in [-0.25, -0.2) is 0 Å². The summed E-state index contributed by atoms with van der Waals surface area (Å²) in [5.74, 6) is -0.693. The molecule has 2 rings (SSSR count). The van der Waals surface area contributed by atoms with Gasteiger partial charge in [-0.05, 0) is 12.1 Å². The Bertz CT molecular complexity index is 693. The maximum Gasteiger partial charge on any atom is 0.307 e. The van der Waals surface area contributed by atoms with Crippen molar-refractivity contribution in [2.45, 2.75) is 11.7 Å². The largest absolute Gasteiger partial charge is 0.307 e. The van der Waals surface area contributed by atoms with Crippen LogP contribution in [0.15, 0.2) is 18.2 Å². The first-order valence-corrected chi connectivity index (χ1v) is 7.20. The zero-order valence-electron chi connectivity index (χ0n) is 9.82. The van der Waals surface area contributed by atoms with E-state index in [1.54, 1.807) is 0 Å². The van der Waals surface area contributed by atoms with Gasteiger partial charge in [0.05, 0.1) is 4.92 Å². The number of nitro groups is 1. The van der Waals surface area contributed by atoms with Crippen molar-refractivity contribution in [3.8, 4) is 0 Å². The summed E-state index contributed by atoms with van der Waals surface area (Å²) in [4.78, 5) is 22.8. The Morgan fingerprint density at radius 2 is 2.10 bits per heavy atom. The first kappa shape index (κ1) is 14.7. The maximum atomic E-state index is 12.9. The standard InChI is InChI=1S/C10H8ClFN2O5S/c11-6-1-2-8(9(3-6)14(16)17)13-5-7(4-10(13)15)20(12,18)19/h1-3,7H,4-5H2. The van der Waals surface area contributed by atoms with Gasteiger partial charge in [-0.1, -0.05) is 11.6 Å². The first-order valence-electron chi connectivity index (χ1n) is 5.38. The van der Waals surface area contributed by atoms with Gasteiger partial charge in [-0.2, -0.15) is 8.42 Å². The molecule has 1 saturated heterocycles. The third-order valence-electron chi connectivity index (χ3n) is 2.91. The van der Waals surface area contributed by atoms with Crippen LogP contribution < -0.4 is 4.90 Å². The summed E-state index contributed by atoms with van der Waals surface area (Å²) in [6.45, 7) is -0.458. The van der Waals surface area contributed by atoms with Gasteiger partial charge in [-0.15, -0.1) is 3.89 Å². The molecule has 7 nitrogen and oxygen atoms in total. The molecule has 1 aliphatic heterocycles. The lowest BCUT2D eigenvalue weighted by Crippen LogP contribution is -2.27. The van der Waals surface area contributed by atoms with E-state index in [0.29, 0.717) is 0 Å². The predicted molar refractivity (Wildman–Crippen MR) is 68.9 cm³/mol. The van der Waals surface area contributed by atoms with Gasteiger partial charge in [0.1, 0.15) is 10.9 Å². The topological polar surface area (TPSA) is 97.6 Å². The monoisotopic (exact) mass is 322 g/mol. The molecular weight excluding hydrogens is 315 g/mol. The third kappa shape index (κ3) is 2.73. The lowest BCUT2D eigenvalue weighted by Gasteiger charge is -2.16. The van der Waals surface area contributed by atoms with Crippen LogP contribution in [0, 0.1) is 10.1 Å². The first-order chi connectivity index (χ1) is 9.20. The summed E-state index contributed by atoms with van der Waals surface area (Å²) in [6, 6.07) is 3.60. The van der Waals surface area contributed by atoms with E-state index in [0.717, 1.165) is 11.0 Å². The number of hydrogen-bond acceptors (Lipinski definition) is 5. The maximum absolute atomic E-state index is 12.9. The van der Waals surface area contributed by atoms with E-state index in [9.17, 15) is 27.2 Å². The van der Waals surface area contributed by atoms with E-state index < -0.39 is 45.0 Å². The molecule has 1 fully saturated rings. The predicted octanol–water partition coefficient (Wildman–Crippen LogP) is 1.65. The third-order valence-corrected chi connectivity index (χ3v) is 4.26. The molecule has 1 unspecified atom stereocenters. The molecule has 10 heteroatoms. The molecule has 0 bridgehead atoms. The van der Waals surface area contributed by atoms with Gasteiger partial charge in [0.25, 0.3) is 5.69 Å². The van der Waals surface area contributed by atoms with Crippen LogP contribution in [0.3, 0.4) is 0 Å². The second-order valence-corrected chi connectivity index (χ2v) is 6.25. The number of benzene rings is 1. The minimum Gasteiger partial charge on any atom is -0.305 e. The molecular formula is C10H8ClFN2O5S. The van der Waals surface area contributed by atoms with E-state index in [2.05, 4.69) is 0 Å². The molecule has 0 aromatic heterocycles. The van der Waals surface area contributed by atoms with E-state index in [4.69, 9.17) is 11.6 Å². The van der Waals surface area contributed by atoms with Crippen LogP contribution in [0.2, 0.25) is 5.02 Å². The molecule has 0 spiro atoms. The number of halogens is 2. The lowest BCUT2D eigenvalue weighted by molar-refractivity contribution is -0.384. The minimum absolute atomic E-state index is 0.0989. The number of anilines is 1. The Morgan fingerprint density at radius 1 is 1.45 bits per heavy atom. The van der Waals surface area contributed by atoms with Crippen LogP contribution in [-0.2, 0) is 15.0 Å². The molecule has 0 radical (unpaired) electrons. The minimum atomic E-state index is -4.88. The highest BCUT2D eigenvalue weighted by Crippen LogP contribution is 2.34. The van der Waals surface area contributed by atoms with Gasteiger partial charge in [0, 0.05) is 24.1 Å². The molecule has 0 aliphatic carbocycles. The van der Waals surface area contributed by atoms with E-state index in [-0.39, 0.29) is 10.7 Å². The van der Waals surface area contributed by atoms with E-state index in [1.807, 2.05) is 0 Å². The van der Waals surface area contributed by atoms with Crippen LogP contribution in [-0.4, -0.2) is 31.0 Å². The highest BCUT2D eigenvalue weighted by molar-refractivity contribution is 7.87. The molecule has 108 valence electrons. The van der Waals surface area contributed by atoms with Gasteiger partial charge in [0.2, 0.25) is 5.91 Å². The van der Waals surface area contributed by atoms with Crippen LogP contribution in [0.25, 0.3) is 0 Å². The number of rotatable bonds is 3. The summed E-state index contributed by atoms with van der Waals surface area (Å²) in [5, 5.41) is 9.52. The fraction of sp³-hybridized carbons (Fsp3) is 0.300. The number of carbonyl (C=O) groups is 1. The van der Waals surface area contributed by atoms with Crippen molar-refractivity contribution in [1.29, 1.82) is 0 Å². The fourth-order valence-corrected chi connectivity index (χ4v) is 2.80. The molecule has 1 aliphatic rings. The van der Waals surface area contributed by atoms with Gasteiger partial charge in [-0.3, -0.25) is 14.9 Å². The van der Waals surface area contributed by atoms with Crippen molar-refractivity contribution in [2.75, 3.05) is 11.4 Å². The highest BCUT2D eigenvalue weighted by atomic mass is 35.5. The zero-order valence-corrected chi connectivity index (χ0v) is 11.4. The van der Waals surface area contributed by atoms with Crippen molar-refractivity contribution in [3.05, 3.63) is 33.3 Å². The Hall–Kier alpha value is -1.74. The summed E-state index contributed by atoms with van der Waals surface area (Å²) in [5.41, 5.74) is -0.543. The summed E-state index contributed by atoms with van der Waals surface area (Å²) in [7, 11) is -4.88. The van der Waals surface area contributed by atoms with Crippen molar-refractivity contribution in [2.24, 2.45) is 0 Å². The summed E-state index contributed by atoms with van der Waals surface area (Å²) >= 11 is 5.64. The molecule has 1 amide bonds. The molecule has 20 heavy (non-hydrogen) atoms. The number of nitrogens with zero attached hydrogens (tertiary/aromatic N) is 2. The van der Waals surface area contributed by atoms with Crippen LogP contribution in [0.1, 0.15) is 6.42 Å². The normalized spacial score (nSPS) is 19.4. The lowest BCUT2D eigenvalue weighted by atomic mass is 10.2. The highest BCUT2D eigenvalue weighted by Gasteiger charge is 2.41. The molecule has 1 aromatic carbocycles. The second-order valence-electron chi connectivity index (χ2n) is 4.20. The van der Waals surface area contributed by atoms with Gasteiger partial charge in [0.15, 0.2) is 0 Å². The molecule has 1 aromatic rings. The van der Waals surface area contributed by atoms with Gasteiger partial charge < -0.3 is 4.90 Å². The van der Waals surface area contributed by atoms with Crippen molar-refractivity contribution in [1.82, 2.24) is 0 Å². The average Bonchev–Trinajstić information content (AvgIpc) is 2.71. The fourth-order valence-electron chi connectivity index (χ4n) is 1.97. The summed E-state index contributed by atoms with van der Waals surface area (Å²) < 4.78 is 34.6. The Labute approximate surface area is 118 Å². The van der Waals surface area contributed by atoms with Crippen LogP contribution in [0.4, 0.5) is 15.3 Å². The van der Waals surface area contributed by atoms with E-state index in [1.165, 1.54) is 12.1 Å². The van der Waals surface area contributed by atoms with Crippen molar-refractivity contribution in [3.63, 3.8) is 0 Å². The van der Waals surface area contributed by atoms with Crippen LogP contribution >= 0.6 is 11.6 Å². The van der Waals surface area contributed by atoms with Crippen molar-refractivity contribution < 1.29 is 22.0 Å². The summed E-state index contributed by atoms with van der Waals surface area (Å²) in [6.07, 6.45) is -0.543. The molecule has 1 heterocycles. The quantitative estimate of drug-likeness (QED) is 0.479. The average molecular weight is 323 g/mol. The number of carbonyl (C=O) groups excluding carboxylic acids is 1. The van der Waals surface area contributed by atoms with Crippen LogP contribution in [0.5, 0.6) is 0 Å². The Morgan fingerprint density at radius 3 is 2.60 bits per heavy atom. The zero-order chi connectivity index (χ0) is 15.1. The molecule has 0 N–H and O–H groups in total. The second kappa shape index (κ2) is 4.98. The number of hydrogen-bond donors (Lipinski definition) is 0. The van der Waals surface area contributed by atoms with Gasteiger partial charge >= 0.3 is 10.2 Å². The van der Waals surface area contributed by atoms with E-state index >= 15 is 0 Å². The smallest absolute Gasteiger partial charge is 0.305 e.